The third kappa shape index (κ3) is 3.07. The van der Waals surface area contributed by atoms with Crippen LogP contribution in [0, 0.1) is 0 Å². The molecule has 1 atom stereocenters. The van der Waals surface area contributed by atoms with Gasteiger partial charge in [-0.3, -0.25) is 4.90 Å². The second-order valence-corrected chi connectivity index (χ2v) is 5.77. The predicted molar refractivity (Wildman–Crippen MR) is 80.2 cm³/mol. The normalized spacial score (nSPS) is 23.0. The van der Waals surface area contributed by atoms with Gasteiger partial charge in [0.25, 0.3) is 0 Å². The molecular weight excluding hydrogens is 252 g/mol. The molecule has 4 nitrogen and oxygen atoms in total. The highest BCUT2D eigenvalue weighted by molar-refractivity contribution is 5.51. The molecule has 1 saturated heterocycles. The standard InChI is InChI=1S/C16H24N2O2/c1-2-20-16-6-3-13(9-12(16)11-19)17-14-7-8-18(10-14)15-4-5-15/h3,6,9,14-15,17,19H,2,4-5,7-8,10-11H2,1H3. The van der Waals surface area contributed by atoms with Crippen molar-refractivity contribution in [3.05, 3.63) is 23.8 Å². The average molecular weight is 276 g/mol. The largest absolute Gasteiger partial charge is 0.494 e. The van der Waals surface area contributed by atoms with Crippen molar-refractivity contribution in [2.45, 2.75) is 44.9 Å². The molecule has 4 heteroatoms. The zero-order valence-corrected chi connectivity index (χ0v) is 12.1. The molecule has 20 heavy (non-hydrogen) atoms. The third-order valence-corrected chi connectivity index (χ3v) is 4.18. The van der Waals surface area contributed by atoms with Crippen LogP contribution in [0.3, 0.4) is 0 Å². The fourth-order valence-electron chi connectivity index (χ4n) is 3.00. The fraction of sp³-hybridized carbons (Fsp3) is 0.625. The summed E-state index contributed by atoms with van der Waals surface area (Å²) in [6.07, 6.45) is 3.97. The summed E-state index contributed by atoms with van der Waals surface area (Å²) in [6.45, 7) is 4.96. The Balaban J connectivity index is 1.62. The lowest BCUT2D eigenvalue weighted by Gasteiger charge is -2.18. The highest BCUT2D eigenvalue weighted by atomic mass is 16.5. The maximum atomic E-state index is 9.44. The average Bonchev–Trinajstić information content (AvgIpc) is 3.21. The maximum absolute atomic E-state index is 9.44. The molecule has 0 spiro atoms. The Morgan fingerprint density at radius 3 is 2.90 bits per heavy atom. The molecular formula is C16H24N2O2. The van der Waals surface area contributed by atoms with Crippen LogP contribution in [0.25, 0.3) is 0 Å². The minimum absolute atomic E-state index is 0.0176. The van der Waals surface area contributed by atoms with Crippen molar-refractivity contribution in [2.24, 2.45) is 0 Å². The topological polar surface area (TPSA) is 44.7 Å². The second-order valence-electron chi connectivity index (χ2n) is 5.77. The van der Waals surface area contributed by atoms with E-state index in [9.17, 15) is 5.11 Å². The number of aliphatic hydroxyl groups is 1. The first-order valence-electron chi connectivity index (χ1n) is 7.67. The van der Waals surface area contributed by atoms with Crippen LogP contribution in [0.5, 0.6) is 5.75 Å². The smallest absolute Gasteiger partial charge is 0.124 e. The van der Waals surface area contributed by atoms with Crippen molar-refractivity contribution < 1.29 is 9.84 Å². The van der Waals surface area contributed by atoms with E-state index in [-0.39, 0.29) is 6.61 Å². The molecule has 0 amide bonds. The number of hydrogen-bond acceptors (Lipinski definition) is 4. The minimum Gasteiger partial charge on any atom is -0.494 e. The summed E-state index contributed by atoms with van der Waals surface area (Å²) in [5, 5.41) is 13.0. The molecule has 1 unspecified atom stereocenters. The fourth-order valence-corrected chi connectivity index (χ4v) is 3.00. The molecule has 1 aromatic rings. The molecule has 3 rings (SSSR count). The minimum atomic E-state index is 0.0176. The van der Waals surface area contributed by atoms with E-state index in [4.69, 9.17) is 4.74 Å². The Morgan fingerprint density at radius 1 is 1.35 bits per heavy atom. The van der Waals surface area contributed by atoms with Crippen LogP contribution in [-0.2, 0) is 6.61 Å². The Labute approximate surface area is 120 Å². The molecule has 2 aliphatic rings. The number of anilines is 1. The Bertz CT molecular complexity index is 460. The number of nitrogens with one attached hydrogen (secondary N) is 1. The summed E-state index contributed by atoms with van der Waals surface area (Å²) in [5.74, 6) is 0.784. The van der Waals surface area contributed by atoms with Crippen LogP contribution >= 0.6 is 0 Å². The van der Waals surface area contributed by atoms with Gasteiger partial charge in [-0.25, -0.2) is 0 Å². The Morgan fingerprint density at radius 2 is 2.20 bits per heavy atom. The first kappa shape index (κ1) is 13.7. The summed E-state index contributed by atoms with van der Waals surface area (Å²) >= 11 is 0. The summed E-state index contributed by atoms with van der Waals surface area (Å²) in [5.41, 5.74) is 1.94. The zero-order chi connectivity index (χ0) is 13.9. The van der Waals surface area contributed by atoms with Crippen LogP contribution in [0.2, 0.25) is 0 Å². The van der Waals surface area contributed by atoms with E-state index < -0.39 is 0 Å². The van der Waals surface area contributed by atoms with Gasteiger partial charge in [0.15, 0.2) is 0 Å². The van der Waals surface area contributed by atoms with E-state index in [1.165, 1.54) is 25.8 Å². The van der Waals surface area contributed by atoms with Crippen LogP contribution in [-0.4, -0.2) is 41.8 Å². The van der Waals surface area contributed by atoms with E-state index in [0.717, 1.165) is 29.6 Å². The molecule has 0 bridgehead atoms. The molecule has 1 aliphatic carbocycles. The molecule has 110 valence electrons. The second kappa shape index (κ2) is 6.02. The van der Waals surface area contributed by atoms with Gasteiger partial charge in [0, 0.05) is 36.4 Å². The third-order valence-electron chi connectivity index (χ3n) is 4.18. The van der Waals surface area contributed by atoms with Gasteiger partial charge in [0.1, 0.15) is 5.75 Å². The predicted octanol–water partition coefficient (Wildman–Crippen LogP) is 2.23. The van der Waals surface area contributed by atoms with Gasteiger partial charge < -0.3 is 15.2 Å². The van der Waals surface area contributed by atoms with Gasteiger partial charge >= 0.3 is 0 Å². The van der Waals surface area contributed by atoms with Crippen LogP contribution in [0.4, 0.5) is 5.69 Å². The van der Waals surface area contributed by atoms with Crippen molar-refractivity contribution in [3.63, 3.8) is 0 Å². The van der Waals surface area contributed by atoms with Gasteiger partial charge in [-0.1, -0.05) is 0 Å². The number of rotatable bonds is 6. The van der Waals surface area contributed by atoms with Gasteiger partial charge in [-0.15, -0.1) is 0 Å². The molecule has 0 radical (unpaired) electrons. The van der Waals surface area contributed by atoms with Crippen LogP contribution in [0.15, 0.2) is 18.2 Å². The summed E-state index contributed by atoms with van der Waals surface area (Å²) in [6, 6.07) is 7.38. The monoisotopic (exact) mass is 276 g/mol. The Kier molecular flexibility index (Phi) is 4.13. The lowest BCUT2D eigenvalue weighted by Crippen LogP contribution is -2.27. The van der Waals surface area contributed by atoms with Crippen molar-refractivity contribution in [2.75, 3.05) is 25.0 Å². The van der Waals surface area contributed by atoms with Crippen molar-refractivity contribution in [3.8, 4) is 5.75 Å². The number of benzene rings is 1. The number of ether oxygens (including phenoxy) is 1. The number of aliphatic hydroxyl groups excluding tert-OH is 1. The molecule has 2 N–H and O–H groups in total. The van der Waals surface area contributed by atoms with Crippen molar-refractivity contribution in [1.82, 2.24) is 4.90 Å². The molecule has 1 aromatic carbocycles. The van der Waals surface area contributed by atoms with Crippen molar-refractivity contribution in [1.29, 1.82) is 0 Å². The molecule has 0 aromatic heterocycles. The summed E-state index contributed by atoms with van der Waals surface area (Å²) < 4.78 is 5.51. The van der Waals surface area contributed by atoms with Gasteiger partial charge in [-0.05, 0) is 44.4 Å². The molecule has 1 aliphatic heterocycles. The number of nitrogens with zero attached hydrogens (tertiary/aromatic N) is 1. The first-order valence-corrected chi connectivity index (χ1v) is 7.67. The molecule has 1 heterocycles. The van der Waals surface area contributed by atoms with Gasteiger partial charge in [0.05, 0.1) is 13.2 Å². The Hall–Kier alpha value is -1.26. The highest BCUT2D eigenvalue weighted by Gasteiger charge is 2.34. The van der Waals surface area contributed by atoms with Crippen molar-refractivity contribution >= 4 is 5.69 Å². The van der Waals surface area contributed by atoms with Gasteiger partial charge in [0.2, 0.25) is 0 Å². The summed E-state index contributed by atoms with van der Waals surface area (Å²) in [7, 11) is 0. The number of likely N-dealkylation sites (tertiary alicyclic amines) is 1. The van der Waals surface area contributed by atoms with Crippen LogP contribution in [0.1, 0.15) is 31.7 Å². The SMILES string of the molecule is CCOc1ccc(NC2CCN(C3CC3)C2)cc1CO. The lowest BCUT2D eigenvalue weighted by atomic mass is 10.1. The van der Waals surface area contributed by atoms with E-state index in [0.29, 0.717) is 12.6 Å². The van der Waals surface area contributed by atoms with E-state index in [2.05, 4.69) is 10.2 Å². The van der Waals surface area contributed by atoms with E-state index in [1.54, 1.807) is 0 Å². The number of hydrogen-bond donors (Lipinski definition) is 2. The van der Waals surface area contributed by atoms with E-state index in [1.807, 2.05) is 25.1 Å². The molecule has 1 saturated carbocycles. The van der Waals surface area contributed by atoms with Gasteiger partial charge in [-0.2, -0.15) is 0 Å². The molecule has 2 fully saturated rings. The van der Waals surface area contributed by atoms with Crippen LogP contribution < -0.4 is 10.1 Å². The zero-order valence-electron chi connectivity index (χ0n) is 12.1. The van der Waals surface area contributed by atoms with E-state index >= 15 is 0 Å². The lowest BCUT2D eigenvalue weighted by molar-refractivity contribution is 0.267. The quantitative estimate of drug-likeness (QED) is 0.836. The first-order chi connectivity index (χ1) is 9.80. The highest BCUT2D eigenvalue weighted by Crippen LogP contribution is 2.31. The maximum Gasteiger partial charge on any atom is 0.124 e. The summed E-state index contributed by atoms with van der Waals surface area (Å²) in [4.78, 5) is 2.60.